The third-order valence-electron chi connectivity index (χ3n) is 6.29. The van der Waals surface area contributed by atoms with Gasteiger partial charge in [-0.25, -0.2) is 0 Å². The highest BCUT2D eigenvalue weighted by molar-refractivity contribution is 14.1. The third kappa shape index (κ3) is 3.85. The summed E-state index contributed by atoms with van der Waals surface area (Å²) in [5, 5.41) is 10.8. The van der Waals surface area contributed by atoms with E-state index in [2.05, 4.69) is 22.6 Å². The molecular weight excluding hydrogens is 537 g/mol. The highest BCUT2D eigenvalue weighted by Crippen LogP contribution is 2.49. The Hall–Kier alpha value is -1.93. The molecule has 32 heavy (non-hydrogen) atoms. The summed E-state index contributed by atoms with van der Waals surface area (Å²) in [5.41, 5.74) is 2.12. The van der Waals surface area contributed by atoms with Gasteiger partial charge < -0.3 is 9.84 Å². The first-order chi connectivity index (χ1) is 15.5. The fourth-order valence-corrected chi connectivity index (χ4v) is 4.99. The summed E-state index contributed by atoms with van der Waals surface area (Å²) < 4.78 is 7.95. The van der Waals surface area contributed by atoms with Gasteiger partial charge in [-0.05, 0) is 77.2 Å². The number of carbonyl (C=O) groups is 1. The molecule has 1 aliphatic heterocycles. The Kier molecular flexibility index (Phi) is 6.01. The highest BCUT2D eigenvalue weighted by Gasteiger charge is 2.54. The number of fused-ring (bicyclic) bond motifs is 1. The van der Waals surface area contributed by atoms with Gasteiger partial charge in [0.05, 0.1) is 12.7 Å². The second-order valence-electron chi connectivity index (χ2n) is 8.39. The van der Waals surface area contributed by atoms with Gasteiger partial charge in [0.2, 0.25) is 0 Å². The quantitative estimate of drug-likeness (QED) is 0.384. The molecule has 1 saturated carbocycles. The van der Waals surface area contributed by atoms with Crippen molar-refractivity contribution in [3.63, 3.8) is 0 Å². The minimum atomic E-state index is -1.14. The number of carbonyl (C=O) groups excluding carboxylic acids is 1. The molecule has 0 aromatic heterocycles. The van der Waals surface area contributed by atoms with Crippen LogP contribution in [0.5, 0.6) is 0 Å². The maximum atomic E-state index is 13.7. The number of rotatable bonds is 7. The van der Waals surface area contributed by atoms with Crippen LogP contribution >= 0.6 is 34.2 Å². The van der Waals surface area contributed by atoms with Gasteiger partial charge in [0.15, 0.2) is 5.72 Å². The predicted molar refractivity (Wildman–Crippen MR) is 132 cm³/mol. The number of amides is 1. The van der Waals surface area contributed by atoms with Crippen molar-refractivity contribution in [2.75, 3.05) is 6.61 Å². The fraction of sp³-hybridized carbons (Fsp3) is 0.269. The molecule has 4 nitrogen and oxygen atoms in total. The van der Waals surface area contributed by atoms with Crippen molar-refractivity contribution in [3.8, 4) is 0 Å². The molecule has 0 radical (unpaired) electrons. The molecule has 1 N–H and O–H groups in total. The van der Waals surface area contributed by atoms with Crippen LogP contribution in [-0.4, -0.2) is 28.6 Å². The molecule has 3 aromatic carbocycles. The minimum Gasteiger partial charge on any atom is -0.394 e. The lowest BCUT2D eigenvalue weighted by Gasteiger charge is -2.42. The van der Waals surface area contributed by atoms with Gasteiger partial charge in [0.25, 0.3) is 5.91 Å². The Labute approximate surface area is 206 Å². The summed E-state index contributed by atoms with van der Waals surface area (Å²) in [6, 6.07) is 23.2. The maximum absolute atomic E-state index is 13.7. The molecule has 164 valence electrons. The van der Waals surface area contributed by atoms with Crippen molar-refractivity contribution >= 4 is 40.1 Å². The van der Waals surface area contributed by atoms with E-state index in [1.165, 1.54) is 0 Å². The Morgan fingerprint density at radius 2 is 1.75 bits per heavy atom. The van der Waals surface area contributed by atoms with Crippen molar-refractivity contribution in [1.82, 2.24) is 4.90 Å². The fourth-order valence-electron chi connectivity index (χ4n) is 4.51. The van der Waals surface area contributed by atoms with E-state index in [9.17, 15) is 9.90 Å². The van der Waals surface area contributed by atoms with Crippen LogP contribution in [0.2, 0.25) is 5.02 Å². The van der Waals surface area contributed by atoms with Crippen LogP contribution in [0.4, 0.5) is 0 Å². The van der Waals surface area contributed by atoms with E-state index in [0.717, 1.165) is 33.1 Å². The van der Waals surface area contributed by atoms with Crippen LogP contribution in [0.15, 0.2) is 72.8 Å². The van der Waals surface area contributed by atoms with E-state index in [4.69, 9.17) is 16.3 Å². The molecule has 1 amide bonds. The van der Waals surface area contributed by atoms with E-state index in [1.807, 2.05) is 72.8 Å². The molecule has 0 spiro atoms. The summed E-state index contributed by atoms with van der Waals surface area (Å²) in [6.45, 7) is 0.295. The van der Waals surface area contributed by atoms with Crippen molar-refractivity contribution in [2.24, 2.45) is 5.92 Å². The topological polar surface area (TPSA) is 49.8 Å². The standard InChI is InChI=1S/C26H23ClINO3/c27-20-11-9-19(10-12-20)26(32-24(16-30)18-7-8-18)23-4-2-1-3-22(23)25(31)29(26)15-17-5-13-21(28)14-6-17/h1-6,9-14,18,24,30H,7-8,15-16H2. The average Bonchev–Trinajstić information content (AvgIpc) is 3.63. The van der Waals surface area contributed by atoms with Crippen LogP contribution in [0.3, 0.4) is 0 Å². The van der Waals surface area contributed by atoms with Gasteiger partial charge >= 0.3 is 0 Å². The van der Waals surface area contributed by atoms with E-state index >= 15 is 0 Å². The molecule has 1 fully saturated rings. The van der Waals surface area contributed by atoms with Gasteiger partial charge in [0, 0.05) is 31.8 Å². The Balaban J connectivity index is 1.69. The molecule has 1 heterocycles. The molecule has 3 aromatic rings. The Morgan fingerprint density at radius 1 is 1.06 bits per heavy atom. The number of hydrogen-bond donors (Lipinski definition) is 1. The number of aliphatic hydroxyl groups is 1. The molecule has 2 aliphatic rings. The molecule has 1 aliphatic carbocycles. The van der Waals surface area contributed by atoms with Gasteiger partial charge in [-0.1, -0.05) is 54.1 Å². The average molecular weight is 560 g/mol. The zero-order valence-corrected chi connectivity index (χ0v) is 20.3. The van der Waals surface area contributed by atoms with Gasteiger partial charge in [-0.3, -0.25) is 9.69 Å². The van der Waals surface area contributed by atoms with Crippen LogP contribution in [-0.2, 0) is 17.0 Å². The lowest BCUT2D eigenvalue weighted by Crippen LogP contribution is -2.49. The van der Waals surface area contributed by atoms with Crippen molar-refractivity contribution < 1.29 is 14.6 Å². The van der Waals surface area contributed by atoms with Crippen molar-refractivity contribution in [2.45, 2.75) is 31.2 Å². The van der Waals surface area contributed by atoms with Crippen LogP contribution in [0.25, 0.3) is 0 Å². The van der Waals surface area contributed by atoms with Crippen LogP contribution < -0.4 is 0 Å². The summed E-state index contributed by atoms with van der Waals surface area (Å²) in [4.78, 5) is 15.5. The molecule has 0 bridgehead atoms. The Bertz CT molecular complexity index is 1130. The first kappa shape index (κ1) is 21.9. The largest absolute Gasteiger partial charge is 0.394 e. The monoisotopic (exact) mass is 559 g/mol. The van der Waals surface area contributed by atoms with Gasteiger partial charge in [0.1, 0.15) is 0 Å². The van der Waals surface area contributed by atoms with E-state index < -0.39 is 5.72 Å². The highest BCUT2D eigenvalue weighted by atomic mass is 127. The number of ether oxygens (including phenoxy) is 1. The molecule has 2 unspecified atom stereocenters. The molecular formula is C26H23ClINO3. The smallest absolute Gasteiger partial charge is 0.257 e. The van der Waals surface area contributed by atoms with Crippen molar-refractivity contribution in [1.29, 1.82) is 0 Å². The Morgan fingerprint density at radius 3 is 2.41 bits per heavy atom. The van der Waals surface area contributed by atoms with E-state index in [0.29, 0.717) is 23.0 Å². The number of aliphatic hydroxyl groups excluding tert-OH is 1. The van der Waals surface area contributed by atoms with Gasteiger partial charge in [-0.2, -0.15) is 0 Å². The summed E-state index contributed by atoms with van der Waals surface area (Å²) in [7, 11) is 0. The first-order valence-electron chi connectivity index (χ1n) is 10.7. The molecule has 6 heteroatoms. The summed E-state index contributed by atoms with van der Waals surface area (Å²) in [5.74, 6) is 0.216. The van der Waals surface area contributed by atoms with Crippen LogP contribution in [0.1, 0.15) is 39.9 Å². The lowest BCUT2D eigenvalue weighted by molar-refractivity contribution is -0.164. The molecule has 5 rings (SSSR count). The maximum Gasteiger partial charge on any atom is 0.257 e. The zero-order valence-electron chi connectivity index (χ0n) is 17.4. The lowest BCUT2D eigenvalue weighted by atomic mass is 9.92. The predicted octanol–water partition coefficient (Wildman–Crippen LogP) is 5.59. The number of benzene rings is 3. The van der Waals surface area contributed by atoms with E-state index in [-0.39, 0.29) is 18.6 Å². The number of nitrogens with zero attached hydrogens (tertiary/aromatic N) is 1. The third-order valence-corrected chi connectivity index (χ3v) is 7.26. The van der Waals surface area contributed by atoms with E-state index in [1.54, 1.807) is 4.90 Å². The number of halogens is 2. The second kappa shape index (κ2) is 8.78. The van der Waals surface area contributed by atoms with Crippen molar-refractivity contribution in [3.05, 3.63) is 104 Å². The zero-order chi connectivity index (χ0) is 22.3. The SMILES string of the molecule is O=C1c2ccccc2C(OC(CO)C2CC2)(c2ccc(Cl)cc2)N1Cc1ccc(I)cc1. The normalized spacial score (nSPS) is 21.0. The first-order valence-corrected chi connectivity index (χ1v) is 12.2. The van der Waals surface area contributed by atoms with Gasteiger partial charge in [-0.15, -0.1) is 0 Å². The van der Waals surface area contributed by atoms with Crippen LogP contribution in [0, 0.1) is 9.49 Å². The molecule has 0 saturated heterocycles. The molecule has 2 atom stereocenters. The minimum absolute atomic E-state index is 0.0819. The number of hydrogen-bond acceptors (Lipinski definition) is 3. The second-order valence-corrected chi connectivity index (χ2v) is 10.1. The summed E-state index contributed by atoms with van der Waals surface area (Å²) in [6.07, 6.45) is 1.69. The summed E-state index contributed by atoms with van der Waals surface area (Å²) >= 11 is 8.48.